The molecule has 0 aliphatic carbocycles. The van der Waals surface area contributed by atoms with Crippen LogP contribution in [0.2, 0.25) is 0 Å². The number of fused-ring (bicyclic) bond motifs is 1. The van der Waals surface area contributed by atoms with E-state index in [0.29, 0.717) is 5.92 Å². The fourth-order valence-corrected chi connectivity index (χ4v) is 2.65. The summed E-state index contributed by atoms with van der Waals surface area (Å²) in [6.07, 6.45) is 3.04. The number of rotatable bonds is 1. The van der Waals surface area contributed by atoms with Crippen LogP contribution in [0.3, 0.4) is 0 Å². The topological polar surface area (TPSA) is 42.2 Å². The number of piperidine rings is 1. The summed E-state index contributed by atoms with van der Waals surface area (Å²) in [4.78, 5) is 6.89. The SMILES string of the molecule is CC1CCN(c2nccc3ccccc23)CC1N. The van der Waals surface area contributed by atoms with Crippen molar-refractivity contribution in [2.45, 2.75) is 19.4 Å². The van der Waals surface area contributed by atoms with Crippen molar-refractivity contribution in [1.29, 1.82) is 0 Å². The summed E-state index contributed by atoms with van der Waals surface area (Å²) in [6.45, 7) is 4.19. The van der Waals surface area contributed by atoms with Crippen LogP contribution in [0.4, 0.5) is 5.82 Å². The predicted octanol–water partition coefficient (Wildman–Crippen LogP) is 2.41. The standard InChI is InChI=1S/C15H19N3/c1-11-7-9-18(10-14(11)16)15-13-5-3-2-4-12(13)6-8-17-15/h2-6,8,11,14H,7,9-10,16H2,1H3. The number of anilines is 1. The normalized spacial score (nSPS) is 24.4. The number of hydrogen-bond donors (Lipinski definition) is 1. The molecule has 1 aliphatic rings. The van der Waals surface area contributed by atoms with Crippen molar-refractivity contribution in [3.05, 3.63) is 36.5 Å². The maximum Gasteiger partial charge on any atom is 0.136 e. The molecule has 0 bridgehead atoms. The second kappa shape index (κ2) is 4.58. The molecular formula is C15H19N3. The van der Waals surface area contributed by atoms with Crippen LogP contribution < -0.4 is 10.6 Å². The summed E-state index contributed by atoms with van der Waals surface area (Å²) in [6, 6.07) is 10.7. The molecule has 2 heterocycles. The van der Waals surface area contributed by atoms with Crippen LogP contribution in [0.15, 0.2) is 36.5 Å². The highest BCUT2D eigenvalue weighted by Gasteiger charge is 2.24. The molecule has 1 saturated heterocycles. The molecule has 0 spiro atoms. The Balaban J connectivity index is 1.99. The average Bonchev–Trinajstić information content (AvgIpc) is 2.41. The fourth-order valence-electron chi connectivity index (χ4n) is 2.65. The van der Waals surface area contributed by atoms with E-state index in [2.05, 4.69) is 47.1 Å². The van der Waals surface area contributed by atoms with E-state index in [9.17, 15) is 0 Å². The zero-order valence-electron chi connectivity index (χ0n) is 10.7. The highest BCUT2D eigenvalue weighted by molar-refractivity contribution is 5.92. The number of benzene rings is 1. The predicted molar refractivity (Wildman–Crippen MR) is 75.7 cm³/mol. The minimum atomic E-state index is 0.250. The third kappa shape index (κ3) is 1.95. The first-order chi connectivity index (χ1) is 8.75. The molecule has 2 unspecified atom stereocenters. The first kappa shape index (κ1) is 11.5. The van der Waals surface area contributed by atoms with E-state index in [0.717, 1.165) is 25.3 Å². The molecule has 2 atom stereocenters. The molecule has 3 nitrogen and oxygen atoms in total. The highest BCUT2D eigenvalue weighted by Crippen LogP contribution is 2.27. The largest absolute Gasteiger partial charge is 0.355 e. The van der Waals surface area contributed by atoms with E-state index in [1.807, 2.05) is 6.20 Å². The first-order valence-electron chi connectivity index (χ1n) is 6.60. The van der Waals surface area contributed by atoms with Crippen molar-refractivity contribution in [3.8, 4) is 0 Å². The van der Waals surface area contributed by atoms with Gasteiger partial charge in [0.05, 0.1) is 0 Å². The fraction of sp³-hybridized carbons (Fsp3) is 0.400. The third-order valence-electron chi connectivity index (χ3n) is 3.97. The molecule has 3 heteroatoms. The van der Waals surface area contributed by atoms with E-state index < -0.39 is 0 Å². The Kier molecular flexibility index (Phi) is 2.92. The maximum absolute atomic E-state index is 6.18. The van der Waals surface area contributed by atoms with Crippen LogP contribution in [0.1, 0.15) is 13.3 Å². The summed E-state index contributed by atoms with van der Waals surface area (Å²) in [7, 11) is 0. The molecule has 3 rings (SSSR count). The van der Waals surface area contributed by atoms with Crippen molar-refractivity contribution >= 4 is 16.6 Å². The second-order valence-corrected chi connectivity index (χ2v) is 5.23. The van der Waals surface area contributed by atoms with Crippen LogP contribution in [-0.2, 0) is 0 Å². The van der Waals surface area contributed by atoms with Gasteiger partial charge in [0.15, 0.2) is 0 Å². The Morgan fingerprint density at radius 1 is 1.28 bits per heavy atom. The second-order valence-electron chi connectivity index (χ2n) is 5.23. The molecule has 2 aromatic rings. The number of aromatic nitrogens is 1. The van der Waals surface area contributed by atoms with Gasteiger partial charge in [-0.2, -0.15) is 0 Å². The molecule has 1 aromatic heterocycles. The molecule has 94 valence electrons. The smallest absolute Gasteiger partial charge is 0.136 e. The van der Waals surface area contributed by atoms with Crippen molar-refractivity contribution in [1.82, 2.24) is 4.98 Å². The van der Waals surface area contributed by atoms with Crippen molar-refractivity contribution in [2.75, 3.05) is 18.0 Å². The summed E-state index contributed by atoms with van der Waals surface area (Å²) in [5.74, 6) is 1.69. The lowest BCUT2D eigenvalue weighted by molar-refractivity contribution is 0.378. The van der Waals surface area contributed by atoms with Gasteiger partial charge < -0.3 is 10.6 Å². The molecular weight excluding hydrogens is 222 g/mol. The van der Waals surface area contributed by atoms with E-state index in [-0.39, 0.29) is 6.04 Å². The minimum Gasteiger partial charge on any atom is -0.355 e. The summed E-state index contributed by atoms with van der Waals surface area (Å²) < 4.78 is 0. The highest BCUT2D eigenvalue weighted by atomic mass is 15.2. The van der Waals surface area contributed by atoms with E-state index in [1.54, 1.807) is 0 Å². The van der Waals surface area contributed by atoms with Gasteiger partial charge in [0.2, 0.25) is 0 Å². The van der Waals surface area contributed by atoms with Crippen LogP contribution in [0.25, 0.3) is 10.8 Å². The molecule has 18 heavy (non-hydrogen) atoms. The summed E-state index contributed by atoms with van der Waals surface area (Å²) in [5.41, 5.74) is 6.18. The number of nitrogens with two attached hydrogens (primary N) is 1. The molecule has 1 fully saturated rings. The van der Waals surface area contributed by atoms with Crippen molar-refractivity contribution in [2.24, 2.45) is 11.7 Å². The van der Waals surface area contributed by atoms with E-state index >= 15 is 0 Å². The Bertz CT molecular complexity index is 547. The molecule has 1 aromatic carbocycles. The molecule has 0 saturated carbocycles. The lowest BCUT2D eigenvalue weighted by Crippen LogP contribution is -2.47. The lowest BCUT2D eigenvalue weighted by atomic mass is 9.94. The van der Waals surface area contributed by atoms with Gasteiger partial charge >= 0.3 is 0 Å². The van der Waals surface area contributed by atoms with Crippen molar-refractivity contribution in [3.63, 3.8) is 0 Å². The Hall–Kier alpha value is -1.61. The van der Waals surface area contributed by atoms with Crippen LogP contribution in [-0.4, -0.2) is 24.1 Å². The van der Waals surface area contributed by atoms with Gasteiger partial charge in [-0.25, -0.2) is 4.98 Å². The van der Waals surface area contributed by atoms with Crippen LogP contribution in [0, 0.1) is 5.92 Å². The van der Waals surface area contributed by atoms with Gasteiger partial charge in [0, 0.05) is 30.7 Å². The van der Waals surface area contributed by atoms with Gasteiger partial charge in [-0.1, -0.05) is 31.2 Å². The van der Waals surface area contributed by atoms with Gasteiger partial charge in [-0.3, -0.25) is 0 Å². The van der Waals surface area contributed by atoms with Gasteiger partial charge in [-0.05, 0) is 23.8 Å². The number of nitrogens with zero attached hydrogens (tertiary/aromatic N) is 2. The Morgan fingerprint density at radius 2 is 2.11 bits per heavy atom. The lowest BCUT2D eigenvalue weighted by Gasteiger charge is -2.36. The first-order valence-corrected chi connectivity index (χ1v) is 6.60. The Labute approximate surface area is 108 Å². The molecule has 1 aliphatic heterocycles. The Morgan fingerprint density at radius 3 is 2.94 bits per heavy atom. The zero-order valence-corrected chi connectivity index (χ0v) is 10.7. The summed E-state index contributed by atoms with van der Waals surface area (Å²) in [5, 5.41) is 2.47. The third-order valence-corrected chi connectivity index (χ3v) is 3.97. The average molecular weight is 241 g/mol. The quantitative estimate of drug-likeness (QED) is 0.833. The number of hydrogen-bond acceptors (Lipinski definition) is 3. The molecule has 0 amide bonds. The van der Waals surface area contributed by atoms with Crippen LogP contribution >= 0.6 is 0 Å². The number of pyridine rings is 1. The maximum atomic E-state index is 6.18. The molecule has 0 radical (unpaired) electrons. The summed E-state index contributed by atoms with van der Waals surface area (Å²) >= 11 is 0. The van der Waals surface area contributed by atoms with Gasteiger partial charge in [0.1, 0.15) is 5.82 Å². The van der Waals surface area contributed by atoms with Crippen LogP contribution in [0.5, 0.6) is 0 Å². The monoisotopic (exact) mass is 241 g/mol. The van der Waals surface area contributed by atoms with Crippen molar-refractivity contribution < 1.29 is 0 Å². The minimum absolute atomic E-state index is 0.250. The van der Waals surface area contributed by atoms with Gasteiger partial charge in [0.25, 0.3) is 0 Å². The van der Waals surface area contributed by atoms with Gasteiger partial charge in [-0.15, -0.1) is 0 Å². The molecule has 2 N–H and O–H groups in total. The van der Waals surface area contributed by atoms with E-state index in [4.69, 9.17) is 5.73 Å². The van der Waals surface area contributed by atoms with E-state index in [1.165, 1.54) is 10.8 Å². The zero-order chi connectivity index (χ0) is 12.5.